The molecule has 2 heterocycles. The van der Waals surface area contributed by atoms with Gasteiger partial charge in [0.1, 0.15) is 5.82 Å². The number of aromatic nitrogens is 1. The molecule has 0 spiro atoms. The van der Waals surface area contributed by atoms with E-state index in [1.54, 1.807) is 19.1 Å². The molecule has 1 aromatic rings. The summed E-state index contributed by atoms with van der Waals surface area (Å²) in [6.07, 6.45) is 1.91. The summed E-state index contributed by atoms with van der Waals surface area (Å²) in [7, 11) is 1.34. The molecule has 1 atom stereocenters. The SMILES string of the molecule is CCOC(=O)c1ccc(N2CCC(NC(=O)OC)C2)nc1. The number of nitrogens with one attached hydrogen (secondary N) is 1. The van der Waals surface area contributed by atoms with E-state index in [1.807, 2.05) is 0 Å². The molecule has 1 aromatic heterocycles. The van der Waals surface area contributed by atoms with Crippen LogP contribution >= 0.6 is 0 Å². The number of carbonyl (C=O) groups excluding carboxylic acids is 2. The maximum absolute atomic E-state index is 11.5. The maximum Gasteiger partial charge on any atom is 0.407 e. The summed E-state index contributed by atoms with van der Waals surface area (Å²) in [5, 5.41) is 2.77. The topological polar surface area (TPSA) is 80.8 Å². The van der Waals surface area contributed by atoms with E-state index in [2.05, 4.69) is 19.9 Å². The molecule has 1 aliphatic rings. The summed E-state index contributed by atoms with van der Waals surface area (Å²) >= 11 is 0. The molecule has 1 unspecified atom stereocenters. The number of carbonyl (C=O) groups is 2. The van der Waals surface area contributed by atoms with Crippen molar-refractivity contribution in [3.63, 3.8) is 0 Å². The molecule has 1 saturated heterocycles. The van der Waals surface area contributed by atoms with Crippen LogP contribution in [0.25, 0.3) is 0 Å². The zero-order valence-corrected chi connectivity index (χ0v) is 12.2. The molecule has 0 bridgehead atoms. The zero-order valence-electron chi connectivity index (χ0n) is 12.2. The van der Waals surface area contributed by atoms with Gasteiger partial charge in [0.25, 0.3) is 0 Å². The first kappa shape index (κ1) is 15.1. The molecule has 2 rings (SSSR count). The van der Waals surface area contributed by atoms with Crippen molar-refractivity contribution in [2.45, 2.75) is 19.4 Å². The average molecular weight is 293 g/mol. The van der Waals surface area contributed by atoms with Crippen LogP contribution in [0.5, 0.6) is 0 Å². The molecule has 21 heavy (non-hydrogen) atoms. The van der Waals surface area contributed by atoms with Crippen LogP contribution < -0.4 is 10.2 Å². The van der Waals surface area contributed by atoms with Gasteiger partial charge in [-0.2, -0.15) is 0 Å². The van der Waals surface area contributed by atoms with E-state index >= 15 is 0 Å². The Balaban J connectivity index is 1.94. The number of hydrogen-bond acceptors (Lipinski definition) is 6. The van der Waals surface area contributed by atoms with Gasteiger partial charge < -0.3 is 19.7 Å². The van der Waals surface area contributed by atoms with Crippen molar-refractivity contribution in [2.24, 2.45) is 0 Å². The highest BCUT2D eigenvalue weighted by Gasteiger charge is 2.25. The smallest absolute Gasteiger partial charge is 0.407 e. The van der Waals surface area contributed by atoms with E-state index in [9.17, 15) is 9.59 Å². The van der Waals surface area contributed by atoms with Gasteiger partial charge in [-0.3, -0.25) is 0 Å². The Labute approximate surface area is 123 Å². The van der Waals surface area contributed by atoms with Crippen molar-refractivity contribution in [2.75, 3.05) is 31.7 Å². The Bertz CT molecular complexity index is 503. The van der Waals surface area contributed by atoms with Gasteiger partial charge in [-0.25, -0.2) is 14.6 Å². The Morgan fingerprint density at radius 3 is 2.90 bits per heavy atom. The van der Waals surface area contributed by atoms with Gasteiger partial charge in [0.05, 0.1) is 25.3 Å². The number of anilines is 1. The summed E-state index contributed by atoms with van der Waals surface area (Å²) in [4.78, 5) is 29.0. The van der Waals surface area contributed by atoms with Crippen LogP contribution in [-0.4, -0.2) is 49.9 Å². The van der Waals surface area contributed by atoms with Crippen LogP contribution in [-0.2, 0) is 9.47 Å². The minimum atomic E-state index is -0.424. The summed E-state index contributed by atoms with van der Waals surface area (Å²) in [5.41, 5.74) is 0.434. The van der Waals surface area contributed by atoms with Crippen molar-refractivity contribution in [3.05, 3.63) is 23.9 Å². The first-order valence-electron chi connectivity index (χ1n) is 6.86. The minimum Gasteiger partial charge on any atom is -0.462 e. The molecule has 0 radical (unpaired) electrons. The fourth-order valence-corrected chi connectivity index (χ4v) is 2.22. The molecule has 0 aromatic carbocycles. The molecule has 7 nitrogen and oxygen atoms in total. The van der Waals surface area contributed by atoms with Crippen molar-refractivity contribution in [1.29, 1.82) is 0 Å². The number of rotatable bonds is 4. The number of amides is 1. The van der Waals surface area contributed by atoms with Crippen molar-refractivity contribution in [1.82, 2.24) is 10.3 Å². The second-order valence-electron chi connectivity index (χ2n) is 4.69. The summed E-state index contributed by atoms with van der Waals surface area (Å²) in [5.74, 6) is 0.403. The first-order valence-corrected chi connectivity index (χ1v) is 6.86. The second-order valence-corrected chi connectivity index (χ2v) is 4.69. The minimum absolute atomic E-state index is 0.0454. The molecule has 114 valence electrons. The lowest BCUT2D eigenvalue weighted by Crippen LogP contribution is -2.37. The van der Waals surface area contributed by atoms with Crippen LogP contribution in [0.15, 0.2) is 18.3 Å². The fraction of sp³-hybridized carbons (Fsp3) is 0.500. The van der Waals surface area contributed by atoms with Crippen LogP contribution in [0.1, 0.15) is 23.7 Å². The standard InChI is InChI=1S/C14H19N3O4/c1-3-21-13(18)10-4-5-12(15-8-10)17-7-6-11(9-17)16-14(19)20-2/h4-5,8,11H,3,6-7,9H2,1-2H3,(H,16,19). The largest absolute Gasteiger partial charge is 0.462 e. The van der Waals surface area contributed by atoms with E-state index in [-0.39, 0.29) is 12.0 Å². The molecule has 0 aliphatic carbocycles. The van der Waals surface area contributed by atoms with Crippen LogP contribution in [0.4, 0.5) is 10.6 Å². The number of methoxy groups -OCH3 is 1. The van der Waals surface area contributed by atoms with Gasteiger partial charge in [-0.15, -0.1) is 0 Å². The number of nitrogens with zero attached hydrogens (tertiary/aromatic N) is 2. The van der Waals surface area contributed by atoms with Gasteiger partial charge in [0, 0.05) is 19.3 Å². The molecule has 7 heteroatoms. The number of ether oxygens (including phenoxy) is 2. The Morgan fingerprint density at radius 1 is 1.48 bits per heavy atom. The van der Waals surface area contributed by atoms with E-state index in [0.29, 0.717) is 18.7 Å². The second kappa shape index (κ2) is 6.92. The van der Waals surface area contributed by atoms with E-state index in [1.165, 1.54) is 13.3 Å². The highest BCUT2D eigenvalue weighted by molar-refractivity contribution is 5.89. The summed E-state index contributed by atoms with van der Waals surface area (Å²) < 4.78 is 9.50. The van der Waals surface area contributed by atoms with E-state index in [0.717, 1.165) is 18.8 Å². The first-order chi connectivity index (χ1) is 10.1. The lowest BCUT2D eigenvalue weighted by Gasteiger charge is -2.17. The van der Waals surface area contributed by atoms with Crippen molar-refractivity contribution < 1.29 is 19.1 Å². The highest BCUT2D eigenvalue weighted by atomic mass is 16.5. The van der Waals surface area contributed by atoms with Crippen LogP contribution in [0, 0.1) is 0 Å². The third-order valence-electron chi connectivity index (χ3n) is 3.28. The monoisotopic (exact) mass is 293 g/mol. The highest BCUT2D eigenvalue weighted by Crippen LogP contribution is 2.18. The van der Waals surface area contributed by atoms with Gasteiger partial charge in [0.15, 0.2) is 0 Å². The van der Waals surface area contributed by atoms with E-state index in [4.69, 9.17) is 4.74 Å². The Morgan fingerprint density at radius 2 is 2.29 bits per heavy atom. The Hall–Kier alpha value is -2.31. The molecule has 1 amide bonds. The predicted molar refractivity (Wildman–Crippen MR) is 76.4 cm³/mol. The van der Waals surface area contributed by atoms with Crippen LogP contribution in [0.2, 0.25) is 0 Å². The summed E-state index contributed by atoms with van der Waals surface area (Å²) in [6.45, 7) is 3.56. The normalized spacial score (nSPS) is 17.4. The van der Waals surface area contributed by atoms with Gasteiger partial charge >= 0.3 is 12.1 Å². The third-order valence-corrected chi connectivity index (χ3v) is 3.28. The lowest BCUT2D eigenvalue weighted by molar-refractivity contribution is 0.0526. The summed E-state index contributed by atoms with van der Waals surface area (Å²) in [6, 6.07) is 3.53. The number of pyridine rings is 1. The average Bonchev–Trinajstić information content (AvgIpc) is 2.96. The van der Waals surface area contributed by atoms with Crippen molar-refractivity contribution >= 4 is 17.9 Å². The van der Waals surface area contributed by atoms with Crippen molar-refractivity contribution in [3.8, 4) is 0 Å². The molecule has 1 N–H and O–H groups in total. The van der Waals surface area contributed by atoms with E-state index < -0.39 is 6.09 Å². The zero-order chi connectivity index (χ0) is 15.2. The fourth-order valence-electron chi connectivity index (χ4n) is 2.22. The lowest BCUT2D eigenvalue weighted by atomic mass is 10.3. The van der Waals surface area contributed by atoms with Crippen LogP contribution in [0.3, 0.4) is 0 Å². The van der Waals surface area contributed by atoms with Gasteiger partial charge in [-0.05, 0) is 25.5 Å². The third kappa shape index (κ3) is 3.84. The molecule has 1 fully saturated rings. The predicted octanol–water partition coefficient (Wildman–Crippen LogP) is 1.19. The molecule has 0 saturated carbocycles. The molecule has 1 aliphatic heterocycles. The number of alkyl carbamates (subject to hydrolysis) is 1. The van der Waals surface area contributed by atoms with Gasteiger partial charge in [-0.1, -0.05) is 0 Å². The molecular weight excluding hydrogens is 274 g/mol. The number of hydrogen-bond donors (Lipinski definition) is 1. The Kier molecular flexibility index (Phi) is 4.97. The number of esters is 1. The quantitative estimate of drug-likeness (QED) is 0.840. The van der Waals surface area contributed by atoms with Gasteiger partial charge in [0.2, 0.25) is 0 Å². The maximum atomic E-state index is 11.5. The molecular formula is C14H19N3O4.